The maximum absolute atomic E-state index is 12.7. The minimum Gasteiger partial charge on any atom is -0.372 e. The first-order valence-corrected chi connectivity index (χ1v) is 12.2. The highest BCUT2D eigenvalue weighted by molar-refractivity contribution is 7.89. The van der Waals surface area contributed by atoms with Gasteiger partial charge in [-0.25, -0.2) is 13.4 Å². The Morgan fingerprint density at radius 2 is 1.91 bits per heavy atom. The molecule has 1 fully saturated rings. The van der Waals surface area contributed by atoms with Crippen LogP contribution in [0.25, 0.3) is 0 Å². The molecule has 32 heavy (non-hydrogen) atoms. The largest absolute Gasteiger partial charge is 0.372 e. The normalized spacial score (nSPS) is 19.4. The number of morpholine rings is 1. The van der Waals surface area contributed by atoms with E-state index in [0.29, 0.717) is 12.1 Å². The van der Waals surface area contributed by atoms with Crippen LogP contribution in [0.15, 0.2) is 47.5 Å². The van der Waals surface area contributed by atoms with Gasteiger partial charge in [-0.1, -0.05) is 12.1 Å². The van der Waals surface area contributed by atoms with E-state index in [1.54, 1.807) is 32.2 Å². The molecule has 0 radical (unpaired) electrons. The molecule has 1 saturated heterocycles. The molecule has 174 valence electrons. The van der Waals surface area contributed by atoms with E-state index in [1.807, 2.05) is 26.0 Å². The van der Waals surface area contributed by atoms with Gasteiger partial charge in [-0.3, -0.25) is 4.79 Å². The summed E-state index contributed by atoms with van der Waals surface area (Å²) in [5.74, 6) is 0.545. The highest BCUT2D eigenvalue weighted by atomic mass is 32.2. The molecule has 3 rings (SSSR count). The highest BCUT2D eigenvalue weighted by Gasteiger charge is 2.24. The predicted molar refractivity (Wildman–Crippen MR) is 124 cm³/mol. The van der Waals surface area contributed by atoms with E-state index in [-0.39, 0.29) is 29.1 Å². The Bertz CT molecular complexity index is 1030. The molecule has 2 aromatic rings. The summed E-state index contributed by atoms with van der Waals surface area (Å²) in [5.41, 5.74) is 1.16. The lowest BCUT2D eigenvalue weighted by Gasteiger charge is -2.36. The zero-order chi connectivity index (χ0) is 23.5. The number of pyridine rings is 1. The lowest BCUT2D eigenvalue weighted by molar-refractivity contribution is -0.00546. The van der Waals surface area contributed by atoms with E-state index in [4.69, 9.17) is 4.74 Å². The number of carbonyl (C=O) groups is 1. The third kappa shape index (κ3) is 5.65. The SMILES string of the molecule is CC1CN(c2ccc(CNC(=O)c3cccc(S(=O)(=O)N(C)C(C)C)c3)cn2)CC(C)O1. The van der Waals surface area contributed by atoms with Gasteiger partial charge in [-0.2, -0.15) is 4.31 Å². The molecule has 0 bridgehead atoms. The molecular formula is C23H32N4O4S. The van der Waals surface area contributed by atoms with Gasteiger partial charge in [-0.15, -0.1) is 0 Å². The Labute approximate surface area is 190 Å². The summed E-state index contributed by atoms with van der Waals surface area (Å²) in [6, 6.07) is 9.79. The molecule has 8 nitrogen and oxygen atoms in total. The van der Waals surface area contributed by atoms with Gasteiger partial charge >= 0.3 is 0 Å². The zero-order valence-corrected chi connectivity index (χ0v) is 20.1. The smallest absolute Gasteiger partial charge is 0.251 e. The summed E-state index contributed by atoms with van der Waals surface area (Å²) in [6.07, 6.45) is 2.05. The molecule has 2 unspecified atom stereocenters. The predicted octanol–water partition coefficient (Wildman–Crippen LogP) is 2.65. The van der Waals surface area contributed by atoms with Crippen molar-refractivity contribution in [2.24, 2.45) is 0 Å². The Hall–Kier alpha value is -2.49. The van der Waals surface area contributed by atoms with Gasteiger partial charge in [0.15, 0.2) is 0 Å². The fourth-order valence-electron chi connectivity index (χ4n) is 3.60. The second-order valence-electron chi connectivity index (χ2n) is 8.51. The van der Waals surface area contributed by atoms with E-state index in [1.165, 1.54) is 23.5 Å². The van der Waals surface area contributed by atoms with E-state index in [0.717, 1.165) is 24.5 Å². The van der Waals surface area contributed by atoms with Crippen LogP contribution in [0.4, 0.5) is 5.82 Å². The van der Waals surface area contributed by atoms with Crippen LogP contribution in [-0.4, -0.2) is 62.0 Å². The number of ether oxygens (including phenoxy) is 1. The van der Waals surface area contributed by atoms with Crippen LogP contribution < -0.4 is 10.2 Å². The van der Waals surface area contributed by atoms with Gasteiger partial charge < -0.3 is 15.0 Å². The molecule has 1 aliphatic heterocycles. The van der Waals surface area contributed by atoms with Crippen molar-refractivity contribution in [2.45, 2.75) is 57.4 Å². The minimum absolute atomic E-state index is 0.0985. The first kappa shape index (κ1) is 24.2. The number of benzene rings is 1. The highest BCUT2D eigenvalue weighted by Crippen LogP contribution is 2.19. The van der Waals surface area contributed by atoms with Crippen LogP contribution in [0.3, 0.4) is 0 Å². The third-order valence-corrected chi connectivity index (χ3v) is 7.54. The quantitative estimate of drug-likeness (QED) is 0.683. The maximum atomic E-state index is 12.7. The Balaban J connectivity index is 1.64. The summed E-state index contributed by atoms with van der Waals surface area (Å²) in [6.45, 7) is 9.57. The number of nitrogens with zero attached hydrogens (tertiary/aromatic N) is 3. The number of nitrogens with one attached hydrogen (secondary N) is 1. The van der Waals surface area contributed by atoms with Gasteiger partial charge in [-0.05, 0) is 57.5 Å². The van der Waals surface area contributed by atoms with E-state index >= 15 is 0 Å². The van der Waals surface area contributed by atoms with Crippen molar-refractivity contribution in [1.82, 2.24) is 14.6 Å². The molecule has 2 atom stereocenters. The molecule has 0 spiro atoms. The summed E-state index contributed by atoms with van der Waals surface area (Å²) in [7, 11) is -2.13. The molecule has 1 N–H and O–H groups in total. The summed E-state index contributed by atoms with van der Waals surface area (Å²) >= 11 is 0. The fourth-order valence-corrected chi connectivity index (χ4v) is 5.01. The van der Waals surface area contributed by atoms with Gasteiger partial charge in [0, 0.05) is 44.5 Å². The number of hydrogen-bond donors (Lipinski definition) is 1. The number of rotatable bonds is 7. The average Bonchev–Trinajstić information content (AvgIpc) is 2.76. The minimum atomic E-state index is -3.66. The monoisotopic (exact) mass is 460 g/mol. The number of anilines is 1. The zero-order valence-electron chi connectivity index (χ0n) is 19.3. The molecule has 1 aliphatic rings. The average molecular weight is 461 g/mol. The standard InChI is InChI=1S/C23H32N4O4S/c1-16(2)26(5)32(29,30)21-8-6-7-20(11-21)23(28)25-13-19-9-10-22(24-12-19)27-14-17(3)31-18(4)15-27/h6-12,16-18H,13-15H2,1-5H3,(H,25,28). The van der Waals surface area contributed by atoms with Crippen molar-refractivity contribution in [3.63, 3.8) is 0 Å². The van der Waals surface area contributed by atoms with Crippen LogP contribution in [0, 0.1) is 0 Å². The third-order valence-electron chi connectivity index (χ3n) is 5.51. The van der Waals surface area contributed by atoms with Crippen molar-refractivity contribution < 1.29 is 17.9 Å². The van der Waals surface area contributed by atoms with Crippen LogP contribution in [0.1, 0.15) is 43.6 Å². The van der Waals surface area contributed by atoms with Gasteiger partial charge in [0.1, 0.15) is 5.82 Å². The molecule has 2 heterocycles. The second-order valence-corrected chi connectivity index (χ2v) is 10.5. The van der Waals surface area contributed by atoms with Crippen LogP contribution in [-0.2, 0) is 21.3 Å². The van der Waals surface area contributed by atoms with Crippen molar-refractivity contribution in [3.05, 3.63) is 53.7 Å². The van der Waals surface area contributed by atoms with E-state index < -0.39 is 10.0 Å². The van der Waals surface area contributed by atoms with E-state index in [2.05, 4.69) is 15.2 Å². The number of sulfonamides is 1. The molecule has 9 heteroatoms. The van der Waals surface area contributed by atoms with Crippen molar-refractivity contribution >= 4 is 21.7 Å². The lowest BCUT2D eigenvalue weighted by atomic mass is 10.2. The number of hydrogen-bond acceptors (Lipinski definition) is 6. The molecular weight excluding hydrogens is 428 g/mol. The topological polar surface area (TPSA) is 91.8 Å². The molecule has 0 saturated carbocycles. The summed E-state index contributed by atoms with van der Waals surface area (Å²) < 4.78 is 32.5. The molecule has 0 aliphatic carbocycles. The van der Waals surface area contributed by atoms with Crippen LogP contribution in [0.5, 0.6) is 0 Å². The molecule has 1 aromatic heterocycles. The summed E-state index contributed by atoms with van der Waals surface area (Å²) in [4.78, 5) is 19.5. The molecule has 1 aromatic carbocycles. The lowest BCUT2D eigenvalue weighted by Crippen LogP contribution is -2.45. The number of amides is 1. The van der Waals surface area contributed by atoms with Gasteiger partial charge in [0.25, 0.3) is 5.91 Å². The van der Waals surface area contributed by atoms with Crippen LogP contribution in [0.2, 0.25) is 0 Å². The van der Waals surface area contributed by atoms with Crippen LogP contribution >= 0.6 is 0 Å². The second kappa shape index (κ2) is 9.97. The molecule has 1 amide bonds. The van der Waals surface area contributed by atoms with Gasteiger partial charge in [0.2, 0.25) is 10.0 Å². The van der Waals surface area contributed by atoms with E-state index in [9.17, 15) is 13.2 Å². The van der Waals surface area contributed by atoms with Gasteiger partial charge in [0.05, 0.1) is 17.1 Å². The fraction of sp³-hybridized carbons (Fsp3) is 0.478. The van der Waals surface area contributed by atoms with Crippen molar-refractivity contribution in [1.29, 1.82) is 0 Å². The summed E-state index contributed by atoms with van der Waals surface area (Å²) in [5, 5.41) is 2.84. The first-order valence-electron chi connectivity index (χ1n) is 10.8. The van der Waals surface area contributed by atoms with Crippen molar-refractivity contribution in [2.75, 3.05) is 25.0 Å². The number of carbonyl (C=O) groups excluding carboxylic acids is 1. The Morgan fingerprint density at radius 1 is 1.22 bits per heavy atom. The first-order chi connectivity index (χ1) is 15.1. The Kier molecular flexibility index (Phi) is 7.53. The number of aromatic nitrogens is 1. The Morgan fingerprint density at radius 3 is 2.50 bits per heavy atom. The van der Waals surface area contributed by atoms with Crippen molar-refractivity contribution in [3.8, 4) is 0 Å². The maximum Gasteiger partial charge on any atom is 0.251 e.